The van der Waals surface area contributed by atoms with Crippen LogP contribution in [0.3, 0.4) is 0 Å². The van der Waals surface area contributed by atoms with E-state index in [0.29, 0.717) is 6.73 Å². The van der Waals surface area contributed by atoms with Crippen molar-refractivity contribution in [3.8, 4) is 11.5 Å². The number of hydrogen-bond acceptors (Lipinski definition) is 3. The molecule has 21 heavy (non-hydrogen) atoms. The largest absolute Gasteiger partial charge is 0.493 e. The van der Waals surface area contributed by atoms with Crippen molar-refractivity contribution in [3.63, 3.8) is 0 Å². The Hall–Kier alpha value is -2.00. The van der Waals surface area contributed by atoms with Crippen molar-refractivity contribution >= 4 is 0 Å². The SMILES string of the molecule is c1ccc(CN2COc3ccc4c(c3C2)OCCC4)cc1. The van der Waals surface area contributed by atoms with Gasteiger partial charge >= 0.3 is 0 Å². The number of benzene rings is 2. The molecule has 0 amide bonds. The van der Waals surface area contributed by atoms with E-state index >= 15 is 0 Å². The number of hydrogen-bond donors (Lipinski definition) is 0. The highest BCUT2D eigenvalue weighted by Crippen LogP contribution is 2.38. The van der Waals surface area contributed by atoms with Crippen molar-refractivity contribution in [2.75, 3.05) is 13.3 Å². The van der Waals surface area contributed by atoms with Crippen LogP contribution >= 0.6 is 0 Å². The van der Waals surface area contributed by atoms with Crippen molar-refractivity contribution in [1.29, 1.82) is 0 Å². The Bertz CT molecular complexity index is 639. The van der Waals surface area contributed by atoms with Gasteiger partial charge in [-0.05, 0) is 30.0 Å². The Balaban J connectivity index is 1.59. The summed E-state index contributed by atoms with van der Waals surface area (Å²) in [5.41, 5.74) is 3.86. The zero-order chi connectivity index (χ0) is 14.1. The van der Waals surface area contributed by atoms with Gasteiger partial charge in [-0.2, -0.15) is 0 Å². The molecule has 0 unspecified atom stereocenters. The summed E-state index contributed by atoms with van der Waals surface area (Å²) in [6, 6.07) is 14.8. The molecule has 2 aliphatic rings. The fourth-order valence-electron chi connectivity index (χ4n) is 3.13. The van der Waals surface area contributed by atoms with Gasteiger partial charge in [-0.1, -0.05) is 36.4 Å². The fourth-order valence-corrected chi connectivity index (χ4v) is 3.13. The zero-order valence-electron chi connectivity index (χ0n) is 12.0. The molecule has 2 aromatic carbocycles. The Kier molecular flexibility index (Phi) is 3.28. The summed E-state index contributed by atoms with van der Waals surface area (Å²) in [6.45, 7) is 3.26. The highest BCUT2D eigenvalue weighted by Gasteiger charge is 2.24. The van der Waals surface area contributed by atoms with Crippen LogP contribution in [-0.4, -0.2) is 18.2 Å². The first kappa shape index (κ1) is 12.7. The number of nitrogens with zero attached hydrogens (tertiary/aromatic N) is 1. The molecular formula is C18H19NO2. The van der Waals surface area contributed by atoms with E-state index in [0.717, 1.165) is 44.0 Å². The van der Waals surface area contributed by atoms with Gasteiger partial charge in [0.15, 0.2) is 0 Å². The molecule has 0 atom stereocenters. The fraction of sp³-hybridized carbons (Fsp3) is 0.333. The maximum absolute atomic E-state index is 5.92. The van der Waals surface area contributed by atoms with E-state index in [1.54, 1.807) is 0 Å². The molecule has 0 N–H and O–H groups in total. The minimum Gasteiger partial charge on any atom is -0.493 e. The summed E-state index contributed by atoms with van der Waals surface area (Å²) in [6.07, 6.45) is 2.22. The summed E-state index contributed by atoms with van der Waals surface area (Å²) in [7, 11) is 0. The van der Waals surface area contributed by atoms with Gasteiger partial charge in [-0.15, -0.1) is 0 Å². The lowest BCUT2D eigenvalue weighted by molar-refractivity contribution is 0.0856. The third-order valence-electron chi connectivity index (χ3n) is 4.17. The molecule has 108 valence electrons. The van der Waals surface area contributed by atoms with E-state index in [-0.39, 0.29) is 0 Å². The highest BCUT2D eigenvalue weighted by molar-refractivity contribution is 5.51. The van der Waals surface area contributed by atoms with Crippen molar-refractivity contribution in [1.82, 2.24) is 4.90 Å². The monoisotopic (exact) mass is 281 g/mol. The van der Waals surface area contributed by atoms with Crippen molar-refractivity contribution in [2.45, 2.75) is 25.9 Å². The molecule has 4 rings (SSSR count). The Morgan fingerprint density at radius 2 is 1.90 bits per heavy atom. The smallest absolute Gasteiger partial charge is 0.142 e. The molecule has 0 saturated heterocycles. The minimum atomic E-state index is 0.640. The molecule has 0 bridgehead atoms. The van der Waals surface area contributed by atoms with E-state index in [2.05, 4.69) is 47.4 Å². The lowest BCUT2D eigenvalue weighted by Gasteiger charge is -2.32. The number of ether oxygens (including phenoxy) is 2. The Morgan fingerprint density at radius 3 is 2.81 bits per heavy atom. The van der Waals surface area contributed by atoms with Gasteiger partial charge in [-0.3, -0.25) is 4.90 Å². The zero-order valence-corrected chi connectivity index (χ0v) is 12.0. The van der Waals surface area contributed by atoms with Gasteiger partial charge in [0.05, 0.1) is 12.2 Å². The van der Waals surface area contributed by atoms with E-state index in [9.17, 15) is 0 Å². The molecule has 3 nitrogen and oxygen atoms in total. The van der Waals surface area contributed by atoms with Gasteiger partial charge in [0.25, 0.3) is 0 Å². The van der Waals surface area contributed by atoms with Gasteiger partial charge in [0.2, 0.25) is 0 Å². The molecular weight excluding hydrogens is 262 g/mol. The number of rotatable bonds is 2. The topological polar surface area (TPSA) is 21.7 Å². The molecule has 0 aromatic heterocycles. The second-order valence-electron chi connectivity index (χ2n) is 5.73. The van der Waals surface area contributed by atoms with Crippen LogP contribution in [0.25, 0.3) is 0 Å². The molecule has 2 aliphatic heterocycles. The summed E-state index contributed by atoms with van der Waals surface area (Å²) in [5.74, 6) is 2.05. The maximum Gasteiger partial charge on any atom is 0.142 e. The van der Waals surface area contributed by atoms with Gasteiger partial charge in [0, 0.05) is 13.1 Å². The number of fused-ring (bicyclic) bond motifs is 3. The van der Waals surface area contributed by atoms with Gasteiger partial charge < -0.3 is 9.47 Å². The number of aryl methyl sites for hydroxylation is 1. The summed E-state index contributed by atoms with van der Waals surface area (Å²) < 4.78 is 11.8. The first-order valence-corrected chi connectivity index (χ1v) is 7.57. The third kappa shape index (κ3) is 2.49. The summed E-state index contributed by atoms with van der Waals surface area (Å²) in [4.78, 5) is 2.32. The van der Waals surface area contributed by atoms with Crippen LogP contribution in [0.4, 0.5) is 0 Å². The van der Waals surface area contributed by atoms with Crippen LogP contribution in [0.1, 0.15) is 23.1 Å². The van der Waals surface area contributed by atoms with E-state index < -0.39 is 0 Å². The van der Waals surface area contributed by atoms with Crippen LogP contribution in [-0.2, 0) is 19.5 Å². The van der Waals surface area contributed by atoms with E-state index in [1.807, 2.05) is 0 Å². The second kappa shape index (κ2) is 5.41. The van der Waals surface area contributed by atoms with Crippen LogP contribution in [0.15, 0.2) is 42.5 Å². The summed E-state index contributed by atoms with van der Waals surface area (Å²) >= 11 is 0. The van der Waals surface area contributed by atoms with Gasteiger partial charge in [0.1, 0.15) is 18.2 Å². The molecule has 2 aromatic rings. The van der Waals surface area contributed by atoms with Crippen LogP contribution in [0.2, 0.25) is 0 Å². The van der Waals surface area contributed by atoms with Gasteiger partial charge in [-0.25, -0.2) is 0 Å². The van der Waals surface area contributed by atoms with Crippen LogP contribution < -0.4 is 9.47 Å². The summed E-state index contributed by atoms with van der Waals surface area (Å²) in [5, 5.41) is 0. The average Bonchev–Trinajstić information content (AvgIpc) is 2.56. The first-order valence-electron chi connectivity index (χ1n) is 7.57. The first-order chi connectivity index (χ1) is 10.4. The standard InChI is InChI=1S/C18H19NO2/c1-2-5-14(6-3-1)11-19-12-16-17(21-13-19)9-8-15-7-4-10-20-18(15)16/h1-3,5-6,8-9H,4,7,10-13H2. The second-order valence-corrected chi connectivity index (χ2v) is 5.73. The predicted molar refractivity (Wildman–Crippen MR) is 81.4 cm³/mol. The predicted octanol–water partition coefficient (Wildman–Crippen LogP) is 3.36. The Labute approximate surface area is 125 Å². The lowest BCUT2D eigenvalue weighted by atomic mass is 10.0. The molecule has 2 heterocycles. The van der Waals surface area contributed by atoms with Crippen LogP contribution in [0, 0.1) is 0 Å². The van der Waals surface area contributed by atoms with Crippen molar-refractivity contribution in [3.05, 3.63) is 59.2 Å². The molecule has 0 radical (unpaired) electrons. The van der Waals surface area contributed by atoms with Crippen molar-refractivity contribution < 1.29 is 9.47 Å². The third-order valence-corrected chi connectivity index (χ3v) is 4.17. The Morgan fingerprint density at radius 1 is 1.00 bits per heavy atom. The minimum absolute atomic E-state index is 0.640. The molecule has 0 aliphatic carbocycles. The highest BCUT2D eigenvalue weighted by atomic mass is 16.5. The lowest BCUT2D eigenvalue weighted by Crippen LogP contribution is -2.32. The molecule has 0 fully saturated rings. The van der Waals surface area contributed by atoms with E-state index in [1.165, 1.54) is 16.7 Å². The molecule has 3 heteroatoms. The molecule has 0 saturated carbocycles. The average molecular weight is 281 g/mol. The molecule has 0 spiro atoms. The normalized spacial score (nSPS) is 17.3. The maximum atomic E-state index is 5.92. The quantitative estimate of drug-likeness (QED) is 0.842. The van der Waals surface area contributed by atoms with Crippen LogP contribution in [0.5, 0.6) is 11.5 Å². The van der Waals surface area contributed by atoms with Crippen molar-refractivity contribution in [2.24, 2.45) is 0 Å². The van der Waals surface area contributed by atoms with E-state index in [4.69, 9.17) is 9.47 Å².